The van der Waals surface area contributed by atoms with Gasteiger partial charge in [0.05, 0.1) is 23.3 Å². The summed E-state index contributed by atoms with van der Waals surface area (Å²) in [5.74, 6) is 0.750. The molecule has 0 N–H and O–H groups in total. The van der Waals surface area contributed by atoms with Crippen LogP contribution in [0, 0.1) is 0 Å². The Morgan fingerprint density at radius 1 is 1.37 bits per heavy atom. The maximum Gasteiger partial charge on any atom is 0.255 e. The Morgan fingerprint density at radius 3 is 3.00 bits per heavy atom. The van der Waals surface area contributed by atoms with E-state index in [-0.39, 0.29) is 5.91 Å². The molecule has 1 aromatic heterocycles. The number of hydrogen-bond acceptors (Lipinski definition) is 3. The van der Waals surface area contributed by atoms with Crippen LogP contribution in [-0.4, -0.2) is 22.5 Å². The quantitative estimate of drug-likeness (QED) is 0.812. The summed E-state index contributed by atoms with van der Waals surface area (Å²) < 4.78 is 5.10. The second-order valence-corrected chi connectivity index (χ2v) is 5.22. The third-order valence-corrected chi connectivity index (χ3v) is 3.70. The van der Waals surface area contributed by atoms with Crippen molar-refractivity contribution in [3.63, 3.8) is 0 Å². The summed E-state index contributed by atoms with van der Waals surface area (Å²) >= 11 is 11.9. The lowest BCUT2D eigenvalue weighted by atomic mass is 10.1. The van der Waals surface area contributed by atoms with Crippen LogP contribution in [0.15, 0.2) is 28.9 Å². The zero-order valence-electron chi connectivity index (χ0n) is 9.90. The Bertz CT molecular complexity index is 639. The molecule has 19 heavy (non-hydrogen) atoms. The highest BCUT2D eigenvalue weighted by Crippen LogP contribution is 2.25. The van der Waals surface area contributed by atoms with Crippen molar-refractivity contribution < 1.29 is 9.32 Å². The van der Waals surface area contributed by atoms with E-state index in [1.54, 1.807) is 29.3 Å². The number of amides is 1. The molecule has 4 nitrogen and oxygen atoms in total. The fourth-order valence-corrected chi connectivity index (χ4v) is 2.64. The average Bonchev–Trinajstić information content (AvgIpc) is 2.85. The van der Waals surface area contributed by atoms with Crippen LogP contribution in [0.4, 0.5) is 0 Å². The Hall–Kier alpha value is -1.52. The molecule has 0 saturated heterocycles. The van der Waals surface area contributed by atoms with Gasteiger partial charge in [0.15, 0.2) is 0 Å². The minimum atomic E-state index is -0.103. The van der Waals surface area contributed by atoms with E-state index in [0.717, 1.165) is 11.3 Å². The number of carbonyl (C=O) groups is 1. The molecule has 0 spiro atoms. The summed E-state index contributed by atoms with van der Waals surface area (Å²) in [6.07, 6.45) is 2.32. The molecule has 6 heteroatoms. The second-order valence-electron chi connectivity index (χ2n) is 4.38. The summed E-state index contributed by atoms with van der Waals surface area (Å²) in [6, 6.07) is 4.89. The summed E-state index contributed by atoms with van der Waals surface area (Å²) in [4.78, 5) is 14.1. The third kappa shape index (κ3) is 2.33. The first kappa shape index (κ1) is 12.5. The van der Waals surface area contributed by atoms with Crippen LogP contribution >= 0.6 is 23.2 Å². The monoisotopic (exact) mass is 296 g/mol. The number of fused-ring (bicyclic) bond motifs is 1. The van der Waals surface area contributed by atoms with Gasteiger partial charge in [-0.2, -0.15) is 0 Å². The van der Waals surface area contributed by atoms with Crippen molar-refractivity contribution >= 4 is 29.1 Å². The van der Waals surface area contributed by atoms with Gasteiger partial charge in [0.2, 0.25) is 0 Å². The summed E-state index contributed by atoms with van der Waals surface area (Å²) in [7, 11) is 0. The largest absolute Gasteiger partial charge is 0.361 e. The van der Waals surface area contributed by atoms with Gasteiger partial charge in [0, 0.05) is 23.6 Å². The van der Waals surface area contributed by atoms with E-state index in [2.05, 4.69) is 5.16 Å². The lowest BCUT2D eigenvalue weighted by molar-refractivity contribution is 0.0729. The van der Waals surface area contributed by atoms with Gasteiger partial charge in [-0.25, -0.2) is 0 Å². The molecule has 0 aliphatic carbocycles. The molecule has 1 amide bonds. The molecule has 1 aliphatic rings. The molecule has 1 aliphatic heterocycles. The van der Waals surface area contributed by atoms with E-state index in [4.69, 9.17) is 27.7 Å². The smallest absolute Gasteiger partial charge is 0.255 e. The normalized spacial score (nSPS) is 14.3. The molecule has 2 aromatic rings. The van der Waals surface area contributed by atoms with E-state index < -0.39 is 0 Å². The molecule has 98 valence electrons. The molecular weight excluding hydrogens is 287 g/mol. The molecule has 0 saturated carbocycles. The highest BCUT2D eigenvalue weighted by Gasteiger charge is 2.25. The van der Waals surface area contributed by atoms with Crippen molar-refractivity contribution in [1.82, 2.24) is 10.1 Å². The van der Waals surface area contributed by atoms with Crippen LogP contribution < -0.4 is 0 Å². The topological polar surface area (TPSA) is 46.3 Å². The van der Waals surface area contributed by atoms with Crippen molar-refractivity contribution in [1.29, 1.82) is 0 Å². The van der Waals surface area contributed by atoms with Crippen LogP contribution in [0.5, 0.6) is 0 Å². The molecule has 3 rings (SSSR count). The van der Waals surface area contributed by atoms with Gasteiger partial charge in [-0.1, -0.05) is 28.4 Å². The molecule has 0 bridgehead atoms. The second kappa shape index (κ2) is 4.87. The fraction of sp³-hybridized carbons (Fsp3) is 0.231. The zero-order valence-corrected chi connectivity index (χ0v) is 11.4. The SMILES string of the molecule is O=C(c1ccc(Cl)cc1Cl)N1CCc2oncc2C1. The number of aromatic nitrogens is 1. The predicted octanol–water partition coefficient (Wildman–Crippen LogP) is 3.18. The first-order valence-electron chi connectivity index (χ1n) is 5.82. The third-order valence-electron chi connectivity index (χ3n) is 3.15. The van der Waals surface area contributed by atoms with Crippen molar-refractivity contribution in [2.24, 2.45) is 0 Å². The van der Waals surface area contributed by atoms with Gasteiger partial charge in [-0.3, -0.25) is 4.79 Å². The first-order valence-corrected chi connectivity index (χ1v) is 6.57. The van der Waals surface area contributed by atoms with Gasteiger partial charge in [-0.15, -0.1) is 0 Å². The number of carbonyl (C=O) groups excluding carboxylic acids is 1. The molecule has 0 atom stereocenters. The van der Waals surface area contributed by atoms with E-state index in [0.29, 0.717) is 35.1 Å². The van der Waals surface area contributed by atoms with E-state index >= 15 is 0 Å². The Morgan fingerprint density at radius 2 is 2.21 bits per heavy atom. The lowest BCUT2D eigenvalue weighted by Crippen LogP contribution is -2.35. The Balaban J connectivity index is 1.85. The van der Waals surface area contributed by atoms with Gasteiger partial charge >= 0.3 is 0 Å². The summed E-state index contributed by atoms with van der Waals surface area (Å²) in [5, 5.41) is 4.63. The van der Waals surface area contributed by atoms with Crippen LogP contribution in [0.2, 0.25) is 10.0 Å². The predicted molar refractivity (Wildman–Crippen MR) is 71.4 cm³/mol. The van der Waals surface area contributed by atoms with Crippen molar-refractivity contribution in [3.8, 4) is 0 Å². The number of halogens is 2. The standard InChI is InChI=1S/C13H10Cl2N2O2/c14-9-1-2-10(11(15)5-9)13(18)17-4-3-12-8(7-17)6-16-19-12/h1-2,5-6H,3-4,7H2. The van der Waals surface area contributed by atoms with Crippen molar-refractivity contribution in [3.05, 3.63) is 51.3 Å². The zero-order chi connectivity index (χ0) is 13.4. The van der Waals surface area contributed by atoms with Crippen molar-refractivity contribution in [2.75, 3.05) is 6.54 Å². The molecule has 0 fully saturated rings. The number of hydrogen-bond donors (Lipinski definition) is 0. The van der Waals surface area contributed by atoms with Crippen LogP contribution in [-0.2, 0) is 13.0 Å². The maximum absolute atomic E-state index is 12.4. The average molecular weight is 297 g/mol. The van der Waals surface area contributed by atoms with Crippen LogP contribution in [0.3, 0.4) is 0 Å². The van der Waals surface area contributed by atoms with Crippen molar-refractivity contribution in [2.45, 2.75) is 13.0 Å². The molecule has 0 radical (unpaired) electrons. The first-order chi connectivity index (χ1) is 9.15. The number of benzene rings is 1. The highest BCUT2D eigenvalue weighted by atomic mass is 35.5. The van der Waals surface area contributed by atoms with Gasteiger partial charge in [0.25, 0.3) is 5.91 Å². The van der Waals surface area contributed by atoms with Gasteiger partial charge in [-0.05, 0) is 18.2 Å². The van der Waals surface area contributed by atoms with Gasteiger partial charge < -0.3 is 9.42 Å². The van der Waals surface area contributed by atoms with E-state index in [9.17, 15) is 4.79 Å². The lowest BCUT2D eigenvalue weighted by Gasteiger charge is -2.26. The Labute approximate surface area is 119 Å². The maximum atomic E-state index is 12.4. The molecular formula is C13H10Cl2N2O2. The minimum Gasteiger partial charge on any atom is -0.361 e. The Kier molecular flexibility index (Phi) is 3.21. The number of nitrogens with zero attached hydrogens (tertiary/aromatic N) is 2. The minimum absolute atomic E-state index is 0.103. The molecule has 1 aromatic carbocycles. The molecule has 0 unspecified atom stereocenters. The van der Waals surface area contributed by atoms with Gasteiger partial charge in [0.1, 0.15) is 5.76 Å². The molecule has 2 heterocycles. The van der Waals surface area contributed by atoms with Crippen LogP contribution in [0.1, 0.15) is 21.7 Å². The summed E-state index contributed by atoms with van der Waals surface area (Å²) in [6.45, 7) is 1.09. The van der Waals surface area contributed by atoms with E-state index in [1.165, 1.54) is 0 Å². The highest BCUT2D eigenvalue weighted by molar-refractivity contribution is 6.36. The number of rotatable bonds is 1. The fourth-order valence-electron chi connectivity index (χ4n) is 2.15. The summed E-state index contributed by atoms with van der Waals surface area (Å²) in [5.41, 5.74) is 1.41. The van der Waals surface area contributed by atoms with E-state index in [1.807, 2.05) is 0 Å². The van der Waals surface area contributed by atoms with Crippen LogP contribution in [0.25, 0.3) is 0 Å².